The maximum Gasteiger partial charge on any atom is 0.122 e. The maximum atomic E-state index is 10.0. The minimum Gasteiger partial charge on any atom is -0.496 e. The highest BCUT2D eigenvalue weighted by Gasteiger charge is 2.22. The fourth-order valence-electron chi connectivity index (χ4n) is 2.51. The van der Waals surface area contributed by atoms with Gasteiger partial charge in [-0.1, -0.05) is 6.07 Å². The number of rotatable bonds is 4. The molecule has 0 amide bonds. The lowest BCUT2D eigenvalue weighted by Gasteiger charge is -2.16. The van der Waals surface area contributed by atoms with Gasteiger partial charge in [-0.25, -0.2) is 0 Å². The lowest BCUT2D eigenvalue weighted by atomic mass is 9.98. The van der Waals surface area contributed by atoms with Crippen LogP contribution in [-0.2, 0) is 12.8 Å². The molecule has 0 fully saturated rings. The number of methoxy groups -OCH3 is 1. The highest BCUT2D eigenvalue weighted by molar-refractivity contribution is 5.48. The number of aliphatic hydroxyl groups excluding tert-OH is 1. The number of nitrogens with one attached hydrogen (secondary N) is 1. The Bertz CT molecular complexity index is 376. The first kappa shape index (κ1) is 11.4. The average Bonchev–Trinajstić information content (AvgIpc) is 2.76. The molecule has 1 aromatic rings. The molecule has 0 saturated heterocycles. The van der Waals surface area contributed by atoms with Crippen molar-refractivity contribution in [1.29, 1.82) is 0 Å². The molecule has 3 heteroatoms. The molecule has 1 unspecified atom stereocenters. The van der Waals surface area contributed by atoms with E-state index in [1.807, 2.05) is 19.2 Å². The molecule has 2 N–H and O–H groups in total. The van der Waals surface area contributed by atoms with Crippen LogP contribution in [0.1, 0.15) is 29.2 Å². The summed E-state index contributed by atoms with van der Waals surface area (Å²) in [5.41, 5.74) is 3.64. The van der Waals surface area contributed by atoms with Gasteiger partial charge in [0.2, 0.25) is 0 Å². The van der Waals surface area contributed by atoms with Gasteiger partial charge >= 0.3 is 0 Å². The Hall–Kier alpha value is -1.06. The number of fused-ring (bicyclic) bond motifs is 1. The van der Waals surface area contributed by atoms with Crippen LogP contribution in [0.2, 0.25) is 0 Å². The lowest BCUT2D eigenvalue weighted by Crippen LogP contribution is -2.18. The summed E-state index contributed by atoms with van der Waals surface area (Å²) in [5.74, 6) is 0.966. The first-order valence-corrected chi connectivity index (χ1v) is 5.79. The maximum absolute atomic E-state index is 10.0. The Balaban J connectivity index is 2.37. The van der Waals surface area contributed by atoms with Crippen molar-refractivity contribution < 1.29 is 9.84 Å². The Morgan fingerprint density at radius 1 is 1.38 bits per heavy atom. The van der Waals surface area contributed by atoms with Crippen LogP contribution < -0.4 is 10.1 Å². The minimum absolute atomic E-state index is 0.414. The van der Waals surface area contributed by atoms with Crippen molar-refractivity contribution in [2.24, 2.45) is 0 Å². The standard InChI is InChI=1S/C13H19NO2/c1-14-8-12(15)10-6-7-13(16-2)11-5-3-4-9(10)11/h6-7,12,14-15H,3-5,8H2,1-2H3. The Morgan fingerprint density at radius 2 is 2.12 bits per heavy atom. The third kappa shape index (κ3) is 1.93. The molecule has 0 aromatic heterocycles. The number of aliphatic hydroxyl groups is 1. The zero-order valence-corrected chi connectivity index (χ0v) is 9.92. The lowest BCUT2D eigenvalue weighted by molar-refractivity contribution is 0.176. The van der Waals surface area contributed by atoms with Crippen LogP contribution in [0.25, 0.3) is 0 Å². The molecule has 0 bridgehead atoms. The van der Waals surface area contributed by atoms with E-state index < -0.39 is 6.10 Å². The summed E-state index contributed by atoms with van der Waals surface area (Å²) in [4.78, 5) is 0. The van der Waals surface area contributed by atoms with E-state index >= 15 is 0 Å². The van der Waals surface area contributed by atoms with Gasteiger partial charge in [0.05, 0.1) is 13.2 Å². The van der Waals surface area contributed by atoms with Gasteiger partial charge in [-0.2, -0.15) is 0 Å². The van der Waals surface area contributed by atoms with E-state index in [-0.39, 0.29) is 0 Å². The number of hydrogen-bond donors (Lipinski definition) is 2. The molecule has 2 rings (SSSR count). The zero-order chi connectivity index (χ0) is 11.5. The first-order chi connectivity index (χ1) is 7.77. The summed E-state index contributed by atoms with van der Waals surface area (Å²) in [6, 6.07) is 3.96. The van der Waals surface area contributed by atoms with Gasteiger partial charge in [-0.05, 0) is 49.1 Å². The van der Waals surface area contributed by atoms with E-state index in [1.54, 1.807) is 7.11 Å². The quantitative estimate of drug-likeness (QED) is 0.808. The first-order valence-electron chi connectivity index (χ1n) is 5.79. The van der Waals surface area contributed by atoms with Crippen LogP contribution in [0.3, 0.4) is 0 Å². The molecule has 0 aliphatic heterocycles. The van der Waals surface area contributed by atoms with E-state index in [0.29, 0.717) is 6.54 Å². The van der Waals surface area contributed by atoms with Crippen molar-refractivity contribution in [2.75, 3.05) is 20.7 Å². The van der Waals surface area contributed by atoms with Crippen LogP contribution in [-0.4, -0.2) is 25.8 Å². The fraction of sp³-hybridized carbons (Fsp3) is 0.538. The van der Waals surface area contributed by atoms with E-state index in [4.69, 9.17) is 4.74 Å². The van der Waals surface area contributed by atoms with Crippen LogP contribution in [0, 0.1) is 0 Å². The van der Waals surface area contributed by atoms with E-state index in [2.05, 4.69) is 5.32 Å². The molecule has 1 atom stereocenters. The smallest absolute Gasteiger partial charge is 0.122 e. The van der Waals surface area contributed by atoms with Gasteiger partial charge in [0.25, 0.3) is 0 Å². The van der Waals surface area contributed by atoms with Crippen LogP contribution in [0.15, 0.2) is 12.1 Å². The van der Waals surface area contributed by atoms with Gasteiger partial charge in [0, 0.05) is 6.54 Å². The van der Waals surface area contributed by atoms with Crippen molar-refractivity contribution in [3.05, 3.63) is 28.8 Å². The summed E-state index contributed by atoms with van der Waals surface area (Å²) in [6.45, 7) is 0.596. The fourth-order valence-corrected chi connectivity index (χ4v) is 2.51. The van der Waals surface area contributed by atoms with E-state index in [1.165, 1.54) is 11.1 Å². The monoisotopic (exact) mass is 221 g/mol. The topological polar surface area (TPSA) is 41.5 Å². The normalized spacial score (nSPS) is 15.9. The highest BCUT2D eigenvalue weighted by Crippen LogP contribution is 2.35. The molecule has 16 heavy (non-hydrogen) atoms. The Morgan fingerprint density at radius 3 is 2.81 bits per heavy atom. The molecule has 0 saturated carbocycles. The highest BCUT2D eigenvalue weighted by atomic mass is 16.5. The molecule has 1 aliphatic carbocycles. The van der Waals surface area contributed by atoms with Crippen molar-refractivity contribution in [2.45, 2.75) is 25.4 Å². The minimum atomic E-state index is -0.414. The molecule has 0 heterocycles. The average molecular weight is 221 g/mol. The number of benzene rings is 1. The largest absolute Gasteiger partial charge is 0.496 e. The number of hydrogen-bond acceptors (Lipinski definition) is 3. The van der Waals surface area contributed by atoms with Crippen LogP contribution >= 0.6 is 0 Å². The van der Waals surface area contributed by atoms with Gasteiger partial charge < -0.3 is 15.2 Å². The van der Waals surface area contributed by atoms with Gasteiger partial charge in [0.15, 0.2) is 0 Å². The molecule has 0 spiro atoms. The molecule has 1 aromatic carbocycles. The molecule has 3 nitrogen and oxygen atoms in total. The third-order valence-corrected chi connectivity index (χ3v) is 3.25. The zero-order valence-electron chi connectivity index (χ0n) is 9.92. The summed E-state index contributed by atoms with van der Waals surface area (Å²) in [5, 5.41) is 13.0. The summed E-state index contributed by atoms with van der Waals surface area (Å²) >= 11 is 0. The number of ether oxygens (including phenoxy) is 1. The summed E-state index contributed by atoms with van der Waals surface area (Å²) in [7, 11) is 3.56. The van der Waals surface area contributed by atoms with Gasteiger partial charge in [-0.3, -0.25) is 0 Å². The third-order valence-electron chi connectivity index (χ3n) is 3.25. The predicted octanol–water partition coefficient (Wildman–Crippen LogP) is 1.44. The van der Waals surface area contributed by atoms with Crippen molar-refractivity contribution in [1.82, 2.24) is 5.32 Å². The molecule has 1 aliphatic rings. The Kier molecular flexibility index (Phi) is 3.46. The molecule has 0 radical (unpaired) electrons. The number of likely N-dealkylation sites (N-methyl/N-ethyl adjacent to an activating group) is 1. The molecular formula is C13H19NO2. The summed E-state index contributed by atoms with van der Waals surface area (Å²) in [6.07, 6.45) is 2.87. The SMILES string of the molecule is CNCC(O)c1ccc(OC)c2c1CCC2. The summed E-state index contributed by atoms with van der Waals surface area (Å²) < 4.78 is 5.35. The second kappa shape index (κ2) is 4.85. The second-order valence-electron chi connectivity index (χ2n) is 4.24. The van der Waals surface area contributed by atoms with Gasteiger partial charge in [0.1, 0.15) is 5.75 Å². The van der Waals surface area contributed by atoms with E-state index in [9.17, 15) is 5.11 Å². The predicted molar refractivity (Wildman–Crippen MR) is 63.9 cm³/mol. The van der Waals surface area contributed by atoms with Crippen molar-refractivity contribution in [3.8, 4) is 5.75 Å². The van der Waals surface area contributed by atoms with Crippen molar-refractivity contribution in [3.63, 3.8) is 0 Å². The second-order valence-corrected chi connectivity index (χ2v) is 4.24. The van der Waals surface area contributed by atoms with Crippen LogP contribution in [0.4, 0.5) is 0 Å². The Labute approximate surface area is 96.4 Å². The van der Waals surface area contributed by atoms with E-state index in [0.717, 1.165) is 30.6 Å². The molecule has 88 valence electrons. The van der Waals surface area contributed by atoms with Gasteiger partial charge in [-0.15, -0.1) is 0 Å². The van der Waals surface area contributed by atoms with Crippen molar-refractivity contribution >= 4 is 0 Å². The van der Waals surface area contributed by atoms with Crippen LogP contribution in [0.5, 0.6) is 5.75 Å². The molecular weight excluding hydrogens is 202 g/mol.